The van der Waals surface area contributed by atoms with Gasteiger partial charge in [-0.25, -0.2) is 0 Å². The number of ketones is 2. The van der Waals surface area contributed by atoms with Crippen LogP contribution in [0.4, 0.5) is 0 Å². The number of Topliss-reactive ketones (excluding diaryl/α,β-unsaturated/α-hetero) is 2. The Hall–Kier alpha value is -2.26. The minimum Gasteiger partial charge on any atom is -0.392 e. The van der Waals surface area contributed by atoms with E-state index in [0.29, 0.717) is 16.7 Å². The highest BCUT2D eigenvalue weighted by molar-refractivity contribution is 6.02. The molecule has 0 spiro atoms. The van der Waals surface area contributed by atoms with Gasteiger partial charge in [0.25, 0.3) is 0 Å². The van der Waals surface area contributed by atoms with Crippen molar-refractivity contribution in [1.82, 2.24) is 0 Å². The van der Waals surface area contributed by atoms with Crippen LogP contribution >= 0.6 is 0 Å². The minimum atomic E-state index is -0.166. The molecule has 0 saturated heterocycles. The van der Waals surface area contributed by atoms with Gasteiger partial charge in [0.05, 0.1) is 6.61 Å². The van der Waals surface area contributed by atoms with E-state index in [4.69, 9.17) is 0 Å². The zero-order chi connectivity index (χ0) is 17.6. The van der Waals surface area contributed by atoms with Crippen molar-refractivity contribution in [2.45, 2.75) is 51.6 Å². The number of aliphatic hydroxyl groups is 1. The maximum absolute atomic E-state index is 12.5. The Morgan fingerprint density at radius 2 is 1.56 bits per heavy atom. The molecule has 1 N–H and O–H groups in total. The quantitative estimate of drug-likeness (QED) is 0.632. The molecule has 0 unspecified atom stereocenters. The summed E-state index contributed by atoms with van der Waals surface area (Å²) in [6.07, 6.45) is 6.17. The highest BCUT2D eigenvalue weighted by atomic mass is 16.3. The fourth-order valence-corrected chi connectivity index (χ4v) is 3.52. The Morgan fingerprint density at radius 3 is 2.36 bits per heavy atom. The van der Waals surface area contributed by atoms with Crippen molar-refractivity contribution in [3.8, 4) is 0 Å². The summed E-state index contributed by atoms with van der Waals surface area (Å²) in [5, 5.41) is 9.34. The second-order valence-corrected chi connectivity index (χ2v) is 6.71. The summed E-state index contributed by atoms with van der Waals surface area (Å²) in [5.41, 5.74) is 4.50. The van der Waals surface area contributed by atoms with Crippen molar-refractivity contribution in [2.24, 2.45) is 0 Å². The normalized spacial score (nSPS) is 13.8. The molecule has 0 heterocycles. The predicted molar refractivity (Wildman–Crippen MR) is 98.0 cm³/mol. The first-order chi connectivity index (χ1) is 12.2. The fraction of sp³-hybridized carbons (Fsp3) is 0.364. The van der Waals surface area contributed by atoms with Crippen LogP contribution in [0.1, 0.15) is 69.5 Å². The van der Waals surface area contributed by atoms with Gasteiger partial charge in [0.1, 0.15) is 0 Å². The molecule has 0 bridgehead atoms. The van der Waals surface area contributed by atoms with Gasteiger partial charge in [0, 0.05) is 24.0 Å². The highest BCUT2D eigenvalue weighted by Gasteiger charge is 2.15. The molecule has 25 heavy (non-hydrogen) atoms. The third-order valence-corrected chi connectivity index (χ3v) is 4.99. The van der Waals surface area contributed by atoms with Gasteiger partial charge in [-0.2, -0.15) is 0 Å². The first kappa shape index (κ1) is 17.6. The summed E-state index contributed by atoms with van der Waals surface area (Å²) in [7, 11) is 0. The van der Waals surface area contributed by atoms with E-state index < -0.39 is 0 Å². The second-order valence-electron chi connectivity index (χ2n) is 6.71. The molecule has 1 aliphatic rings. The van der Waals surface area contributed by atoms with Crippen LogP contribution in [0.25, 0.3) is 0 Å². The van der Waals surface area contributed by atoms with Gasteiger partial charge >= 0.3 is 0 Å². The van der Waals surface area contributed by atoms with Crippen LogP contribution < -0.4 is 0 Å². The largest absolute Gasteiger partial charge is 0.392 e. The van der Waals surface area contributed by atoms with E-state index in [-0.39, 0.29) is 31.0 Å². The van der Waals surface area contributed by atoms with Crippen LogP contribution in [0.2, 0.25) is 0 Å². The minimum absolute atomic E-state index is 0.0156. The third kappa shape index (κ3) is 4.23. The van der Waals surface area contributed by atoms with Crippen molar-refractivity contribution in [3.63, 3.8) is 0 Å². The smallest absolute Gasteiger partial charge is 0.163 e. The summed E-state index contributed by atoms with van der Waals surface area (Å²) in [6.45, 7) is -0.166. The van der Waals surface area contributed by atoms with E-state index in [0.717, 1.165) is 12.8 Å². The molecule has 3 heteroatoms. The highest BCUT2D eigenvalue weighted by Crippen LogP contribution is 2.23. The first-order valence-corrected chi connectivity index (χ1v) is 9.06. The van der Waals surface area contributed by atoms with Gasteiger partial charge in [0.2, 0.25) is 0 Å². The number of aryl methyl sites for hydroxylation is 2. The van der Waals surface area contributed by atoms with Crippen molar-refractivity contribution in [2.75, 3.05) is 0 Å². The summed E-state index contributed by atoms with van der Waals surface area (Å²) in [6, 6.07) is 13.0. The molecular weight excluding hydrogens is 312 g/mol. The Bertz CT molecular complexity index is 777. The van der Waals surface area contributed by atoms with Crippen LogP contribution in [0, 0.1) is 0 Å². The lowest BCUT2D eigenvalue weighted by atomic mass is 9.95. The molecule has 1 aliphatic carbocycles. The summed E-state index contributed by atoms with van der Waals surface area (Å²) in [4.78, 5) is 24.9. The lowest BCUT2D eigenvalue weighted by Gasteiger charge is -2.09. The van der Waals surface area contributed by atoms with Gasteiger partial charge < -0.3 is 5.11 Å². The Morgan fingerprint density at radius 1 is 0.840 bits per heavy atom. The van der Waals surface area contributed by atoms with Gasteiger partial charge in [-0.3, -0.25) is 9.59 Å². The van der Waals surface area contributed by atoms with Crippen molar-refractivity contribution in [1.29, 1.82) is 0 Å². The van der Waals surface area contributed by atoms with E-state index in [1.165, 1.54) is 30.4 Å². The molecule has 3 nitrogen and oxygen atoms in total. The van der Waals surface area contributed by atoms with Crippen molar-refractivity contribution >= 4 is 11.6 Å². The average Bonchev–Trinajstić information content (AvgIpc) is 2.90. The number of fused-ring (bicyclic) bond motifs is 1. The molecule has 3 rings (SSSR count). The van der Waals surface area contributed by atoms with Crippen LogP contribution in [-0.4, -0.2) is 16.7 Å². The zero-order valence-corrected chi connectivity index (χ0v) is 14.5. The topological polar surface area (TPSA) is 54.4 Å². The third-order valence-electron chi connectivity index (χ3n) is 4.99. The standard InChI is InChI=1S/C22H24O3/c23-15-19-8-4-5-9-20(19)22(25)13-12-21(24)18-11-10-16-6-2-1-3-7-17(16)14-18/h4-5,8-11,14,23H,1-3,6-7,12-13,15H2. The molecule has 0 amide bonds. The van der Waals surface area contributed by atoms with Crippen LogP contribution in [0.5, 0.6) is 0 Å². The number of hydrogen-bond acceptors (Lipinski definition) is 3. The molecular formula is C22H24O3. The summed E-state index contributed by atoms with van der Waals surface area (Å²) >= 11 is 0. The van der Waals surface area contributed by atoms with Gasteiger partial charge in [0.15, 0.2) is 11.6 Å². The summed E-state index contributed by atoms with van der Waals surface area (Å²) < 4.78 is 0. The van der Waals surface area contributed by atoms with E-state index in [2.05, 4.69) is 6.07 Å². The molecule has 0 atom stereocenters. The molecule has 0 radical (unpaired) electrons. The SMILES string of the molecule is O=C(CCC(=O)c1ccccc1CO)c1ccc2c(c1)CCCCC2. The first-order valence-electron chi connectivity index (χ1n) is 9.06. The van der Waals surface area contributed by atoms with Crippen molar-refractivity contribution in [3.05, 3.63) is 70.3 Å². The maximum Gasteiger partial charge on any atom is 0.163 e. The molecule has 2 aromatic carbocycles. The maximum atomic E-state index is 12.5. The fourth-order valence-electron chi connectivity index (χ4n) is 3.52. The number of carbonyl (C=O) groups excluding carboxylic acids is 2. The molecule has 0 fully saturated rings. The van der Waals surface area contributed by atoms with Crippen LogP contribution in [0.15, 0.2) is 42.5 Å². The average molecular weight is 336 g/mol. The molecule has 0 saturated carbocycles. The molecule has 2 aromatic rings. The lowest BCUT2D eigenvalue weighted by Crippen LogP contribution is -2.08. The van der Waals surface area contributed by atoms with Crippen LogP contribution in [0.3, 0.4) is 0 Å². The number of carbonyl (C=O) groups is 2. The van der Waals surface area contributed by atoms with E-state index >= 15 is 0 Å². The molecule has 130 valence electrons. The van der Waals surface area contributed by atoms with E-state index in [1.807, 2.05) is 12.1 Å². The summed E-state index contributed by atoms with van der Waals surface area (Å²) in [5.74, 6) is -0.0744. The van der Waals surface area contributed by atoms with E-state index in [9.17, 15) is 14.7 Å². The lowest BCUT2D eigenvalue weighted by molar-refractivity contribution is 0.0916. The second kappa shape index (κ2) is 8.21. The number of rotatable bonds is 6. The zero-order valence-electron chi connectivity index (χ0n) is 14.5. The van der Waals surface area contributed by atoms with Gasteiger partial charge in [-0.1, -0.05) is 42.8 Å². The molecule has 0 aromatic heterocycles. The number of hydrogen-bond donors (Lipinski definition) is 1. The van der Waals surface area contributed by atoms with Gasteiger partial charge in [-0.15, -0.1) is 0 Å². The Kier molecular flexibility index (Phi) is 5.77. The Balaban J connectivity index is 1.66. The van der Waals surface area contributed by atoms with E-state index in [1.54, 1.807) is 24.3 Å². The van der Waals surface area contributed by atoms with Gasteiger partial charge in [-0.05, 0) is 48.4 Å². The monoisotopic (exact) mass is 336 g/mol. The van der Waals surface area contributed by atoms with Crippen LogP contribution in [-0.2, 0) is 19.4 Å². The van der Waals surface area contributed by atoms with Crippen molar-refractivity contribution < 1.29 is 14.7 Å². The number of benzene rings is 2. The predicted octanol–water partition coefficient (Wildman–Crippen LogP) is 4.29. The number of aliphatic hydroxyl groups excluding tert-OH is 1. The Labute approximate surface area is 148 Å². The molecule has 0 aliphatic heterocycles.